The number of ether oxygens (including phenoxy) is 1. The molecule has 110 valence electrons. The number of nitrogens with zero attached hydrogens (tertiary/aromatic N) is 1. The van der Waals surface area contributed by atoms with Crippen molar-refractivity contribution in [3.05, 3.63) is 34.7 Å². The second-order valence-corrected chi connectivity index (χ2v) is 6.30. The van der Waals surface area contributed by atoms with Crippen molar-refractivity contribution < 1.29 is 9.53 Å². The van der Waals surface area contributed by atoms with E-state index >= 15 is 0 Å². The minimum absolute atomic E-state index is 0.197. The molecule has 0 spiro atoms. The van der Waals surface area contributed by atoms with Gasteiger partial charge in [-0.3, -0.25) is 4.79 Å². The van der Waals surface area contributed by atoms with Gasteiger partial charge >= 0.3 is 0 Å². The van der Waals surface area contributed by atoms with E-state index in [4.69, 9.17) is 10.5 Å². The average Bonchev–Trinajstić information content (AvgIpc) is 3.09. The van der Waals surface area contributed by atoms with E-state index in [2.05, 4.69) is 10.3 Å². The van der Waals surface area contributed by atoms with E-state index in [1.807, 2.05) is 36.6 Å². The van der Waals surface area contributed by atoms with Crippen LogP contribution in [0.25, 0.3) is 11.3 Å². The predicted octanol–water partition coefficient (Wildman–Crippen LogP) is 2.17. The minimum atomic E-state index is -0.912. The summed E-state index contributed by atoms with van der Waals surface area (Å²) in [7, 11) is 0. The molecule has 0 saturated carbocycles. The lowest BCUT2D eigenvalue weighted by atomic mass is 9.99. The van der Waals surface area contributed by atoms with Gasteiger partial charge in [-0.15, -0.1) is 11.3 Å². The van der Waals surface area contributed by atoms with Gasteiger partial charge in [0.1, 0.15) is 5.54 Å². The van der Waals surface area contributed by atoms with E-state index in [-0.39, 0.29) is 12.5 Å². The number of aryl methyl sites for hydroxylation is 1. The zero-order valence-corrected chi connectivity index (χ0v) is 12.6. The Morgan fingerprint density at radius 2 is 2.19 bits per heavy atom. The topological polar surface area (TPSA) is 77.2 Å². The molecule has 1 aromatic carbocycles. The molecule has 0 radical (unpaired) electrons. The zero-order chi connectivity index (χ0) is 14.9. The Kier molecular flexibility index (Phi) is 3.75. The van der Waals surface area contributed by atoms with Gasteiger partial charge in [-0.1, -0.05) is 12.1 Å². The number of anilines is 1. The normalized spacial score (nSPS) is 21.4. The molecule has 3 N–H and O–H groups in total. The third kappa shape index (κ3) is 2.97. The van der Waals surface area contributed by atoms with Crippen molar-refractivity contribution in [2.75, 3.05) is 18.5 Å². The van der Waals surface area contributed by atoms with Crippen LogP contribution in [0.4, 0.5) is 5.69 Å². The van der Waals surface area contributed by atoms with Crippen LogP contribution in [0.2, 0.25) is 0 Å². The van der Waals surface area contributed by atoms with Crippen molar-refractivity contribution in [3.8, 4) is 11.3 Å². The highest BCUT2D eigenvalue weighted by atomic mass is 32.1. The van der Waals surface area contributed by atoms with Gasteiger partial charge in [-0.2, -0.15) is 0 Å². The molecule has 0 bridgehead atoms. The molecule has 0 aliphatic carbocycles. The Labute approximate surface area is 127 Å². The second-order valence-electron chi connectivity index (χ2n) is 5.24. The molecule has 1 aromatic heterocycles. The lowest BCUT2D eigenvalue weighted by Crippen LogP contribution is -2.51. The van der Waals surface area contributed by atoms with E-state index in [0.717, 1.165) is 22.0 Å². The maximum absolute atomic E-state index is 12.2. The van der Waals surface area contributed by atoms with Crippen LogP contribution in [-0.2, 0) is 9.53 Å². The number of nitrogens with two attached hydrogens (primary N) is 1. The molecule has 1 saturated heterocycles. The second kappa shape index (κ2) is 5.55. The monoisotopic (exact) mass is 303 g/mol. The van der Waals surface area contributed by atoms with Gasteiger partial charge in [0.05, 0.1) is 17.3 Å². The molecule has 1 unspecified atom stereocenters. The summed E-state index contributed by atoms with van der Waals surface area (Å²) < 4.78 is 5.21. The van der Waals surface area contributed by atoms with E-state index in [1.165, 1.54) is 0 Å². The molecule has 5 nitrogen and oxygen atoms in total. The molecule has 1 aliphatic heterocycles. The molecular formula is C15H17N3O2S. The summed E-state index contributed by atoms with van der Waals surface area (Å²) >= 11 is 1.62. The van der Waals surface area contributed by atoms with Crippen molar-refractivity contribution in [1.29, 1.82) is 0 Å². The first-order valence-electron chi connectivity index (χ1n) is 6.77. The summed E-state index contributed by atoms with van der Waals surface area (Å²) in [4.78, 5) is 16.6. The average molecular weight is 303 g/mol. The predicted molar refractivity (Wildman–Crippen MR) is 83.3 cm³/mol. The molecule has 1 aliphatic rings. The maximum Gasteiger partial charge on any atom is 0.246 e. The number of nitrogens with one attached hydrogen (secondary N) is 1. The van der Waals surface area contributed by atoms with E-state index in [1.54, 1.807) is 11.3 Å². The zero-order valence-electron chi connectivity index (χ0n) is 11.8. The Bertz CT molecular complexity index is 645. The van der Waals surface area contributed by atoms with Crippen LogP contribution in [0.15, 0.2) is 29.6 Å². The lowest BCUT2D eigenvalue weighted by Gasteiger charge is -2.20. The van der Waals surface area contributed by atoms with Gasteiger partial charge in [0, 0.05) is 23.2 Å². The number of thiazole rings is 1. The number of carbonyl (C=O) groups is 1. The minimum Gasteiger partial charge on any atom is -0.379 e. The van der Waals surface area contributed by atoms with Gasteiger partial charge in [0.15, 0.2) is 0 Å². The van der Waals surface area contributed by atoms with E-state index in [9.17, 15) is 4.79 Å². The molecule has 1 amide bonds. The first-order chi connectivity index (χ1) is 10.1. The van der Waals surface area contributed by atoms with Crippen LogP contribution in [0.3, 0.4) is 0 Å². The first kappa shape index (κ1) is 14.2. The number of rotatable bonds is 3. The van der Waals surface area contributed by atoms with Crippen LogP contribution in [0.1, 0.15) is 11.4 Å². The van der Waals surface area contributed by atoms with Crippen molar-refractivity contribution in [2.24, 2.45) is 5.73 Å². The summed E-state index contributed by atoms with van der Waals surface area (Å²) in [5, 5.41) is 5.90. The maximum atomic E-state index is 12.2. The van der Waals surface area contributed by atoms with E-state index in [0.29, 0.717) is 13.0 Å². The smallest absolute Gasteiger partial charge is 0.246 e. The SMILES string of the molecule is Cc1nc(-c2ccc(NC(=O)C3(N)CCOC3)cc2)cs1. The highest BCUT2D eigenvalue weighted by Gasteiger charge is 2.38. The van der Waals surface area contributed by atoms with Crippen LogP contribution in [-0.4, -0.2) is 29.6 Å². The molecule has 6 heteroatoms. The highest BCUT2D eigenvalue weighted by molar-refractivity contribution is 7.09. The number of aromatic nitrogens is 1. The quantitative estimate of drug-likeness (QED) is 0.911. The van der Waals surface area contributed by atoms with Gasteiger partial charge in [0.2, 0.25) is 5.91 Å². The summed E-state index contributed by atoms with van der Waals surface area (Å²) in [6, 6.07) is 7.61. The summed E-state index contributed by atoms with van der Waals surface area (Å²) in [6.45, 7) is 2.79. The highest BCUT2D eigenvalue weighted by Crippen LogP contribution is 2.24. The van der Waals surface area contributed by atoms with Crippen LogP contribution in [0.5, 0.6) is 0 Å². The Hall–Kier alpha value is -1.76. The van der Waals surface area contributed by atoms with Crippen molar-refractivity contribution in [3.63, 3.8) is 0 Å². The van der Waals surface area contributed by atoms with Crippen molar-refractivity contribution in [2.45, 2.75) is 18.9 Å². The Balaban J connectivity index is 1.71. The first-order valence-corrected chi connectivity index (χ1v) is 7.65. The van der Waals surface area contributed by atoms with Crippen molar-refractivity contribution in [1.82, 2.24) is 4.98 Å². The van der Waals surface area contributed by atoms with Gasteiger partial charge in [-0.25, -0.2) is 4.98 Å². The third-order valence-electron chi connectivity index (χ3n) is 3.56. The molecule has 3 rings (SSSR count). The molecule has 1 atom stereocenters. The molecule has 21 heavy (non-hydrogen) atoms. The number of hydrogen-bond acceptors (Lipinski definition) is 5. The molecular weight excluding hydrogens is 286 g/mol. The van der Waals surface area contributed by atoms with E-state index < -0.39 is 5.54 Å². The largest absolute Gasteiger partial charge is 0.379 e. The lowest BCUT2D eigenvalue weighted by molar-refractivity contribution is -0.121. The molecule has 2 heterocycles. The summed E-state index contributed by atoms with van der Waals surface area (Å²) in [6.07, 6.45) is 0.551. The fraction of sp³-hybridized carbons (Fsp3) is 0.333. The number of amides is 1. The fourth-order valence-electron chi connectivity index (χ4n) is 2.24. The van der Waals surface area contributed by atoms with Crippen LogP contribution in [0, 0.1) is 6.92 Å². The Morgan fingerprint density at radius 3 is 2.76 bits per heavy atom. The standard InChI is InChI=1S/C15H17N3O2S/c1-10-17-13(8-21-10)11-2-4-12(5-3-11)18-14(19)15(16)6-7-20-9-15/h2-5,8H,6-7,9,16H2,1H3,(H,18,19). The number of hydrogen-bond donors (Lipinski definition) is 2. The number of carbonyl (C=O) groups excluding carboxylic acids is 1. The van der Waals surface area contributed by atoms with Crippen LogP contribution < -0.4 is 11.1 Å². The summed E-state index contributed by atoms with van der Waals surface area (Å²) in [5.41, 5.74) is 7.83. The fourth-order valence-corrected chi connectivity index (χ4v) is 2.86. The van der Waals surface area contributed by atoms with Crippen LogP contribution >= 0.6 is 11.3 Å². The molecule has 2 aromatic rings. The van der Waals surface area contributed by atoms with Gasteiger partial charge in [-0.05, 0) is 25.5 Å². The van der Waals surface area contributed by atoms with Gasteiger partial charge < -0.3 is 15.8 Å². The third-order valence-corrected chi connectivity index (χ3v) is 4.34. The molecule has 1 fully saturated rings. The van der Waals surface area contributed by atoms with Crippen molar-refractivity contribution >= 4 is 22.9 Å². The Morgan fingerprint density at radius 1 is 1.43 bits per heavy atom. The van der Waals surface area contributed by atoms with Gasteiger partial charge in [0.25, 0.3) is 0 Å². The number of benzene rings is 1. The summed E-state index contributed by atoms with van der Waals surface area (Å²) in [5.74, 6) is -0.197.